The summed E-state index contributed by atoms with van der Waals surface area (Å²) in [6.45, 7) is 7.93. The molecular formula is C13H23N3OS. The smallest absolute Gasteiger partial charge is 0.186 e. The van der Waals surface area contributed by atoms with Crippen LogP contribution in [0.5, 0.6) is 0 Å². The van der Waals surface area contributed by atoms with Gasteiger partial charge < -0.3 is 15.0 Å². The zero-order valence-electron chi connectivity index (χ0n) is 11.5. The highest BCUT2D eigenvalue weighted by atomic mass is 32.1. The maximum Gasteiger partial charge on any atom is 0.186 e. The molecule has 0 spiro atoms. The molecule has 0 radical (unpaired) electrons. The van der Waals surface area contributed by atoms with Gasteiger partial charge in [0.25, 0.3) is 0 Å². The lowest BCUT2D eigenvalue weighted by atomic mass is 10.2. The van der Waals surface area contributed by atoms with Crippen LogP contribution in [0.3, 0.4) is 0 Å². The van der Waals surface area contributed by atoms with Crippen LogP contribution in [-0.4, -0.2) is 37.8 Å². The van der Waals surface area contributed by atoms with Crippen molar-refractivity contribution in [3.05, 3.63) is 10.6 Å². The van der Waals surface area contributed by atoms with Crippen LogP contribution in [0.4, 0.5) is 5.13 Å². The lowest BCUT2D eigenvalue weighted by molar-refractivity contribution is 0.0929. The van der Waals surface area contributed by atoms with Gasteiger partial charge in [-0.2, -0.15) is 0 Å². The van der Waals surface area contributed by atoms with E-state index in [2.05, 4.69) is 24.1 Å². The van der Waals surface area contributed by atoms with Gasteiger partial charge in [-0.05, 0) is 19.9 Å². The summed E-state index contributed by atoms with van der Waals surface area (Å²) >= 11 is 1.83. The molecule has 4 nitrogen and oxygen atoms in total. The van der Waals surface area contributed by atoms with Gasteiger partial charge >= 0.3 is 0 Å². The molecule has 0 aromatic carbocycles. The van der Waals surface area contributed by atoms with Crippen molar-refractivity contribution in [3.63, 3.8) is 0 Å². The molecule has 0 bridgehead atoms. The Morgan fingerprint density at radius 1 is 1.50 bits per heavy atom. The lowest BCUT2D eigenvalue weighted by Gasteiger charge is -2.34. The first-order valence-electron chi connectivity index (χ1n) is 6.77. The van der Waals surface area contributed by atoms with Crippen molar-refractivity contribution >= 4 is 16.5 Å². The number of hydrogen-bond donors (Lipinski definition) is 1. The van der Waals surface area contributed by atoms with Crippen molar-refractivity contribution < 1.29 is 4.74 Å². The fourth-order valence-electron chi connectivity index (χ4n) is 2.31. The van der Waals surface area contributed by atoms with Gasteiger partial charge in [0.2, 0.25) is 0 Å². The van der Waals surface area contributed by atoms with Gasteiger partial charge in [-0.15, -0.1) is 11.3 Å². The van der Waals surface area contributed by atoms with Gasteiger partial charge in [-0.1, -0.05) is 13.8 Å². The van der Waals surface area contributed by atoms with Crippen molar-refractivity contribution in [3.8, 4) is 0 Å². The molecule has 0 aliphatic carbocycles. The van der Waals surface area contributed by atoms with Crippen LogP contribution in [0, 0.1) is 0 Å². The van der Waals surface area contributed by atoms with Crippen molar-refractivity contribution in [1.29, 1.82) is 0 Å². The van der Waals surface area contributed by atoms with E-state index in [4.69, 9.17) is 9.72 Å². The normalized spacial score (nSPS) is 20.4. The van der Waals surface area contributed by atoms with E-state index in [1.54, 1.807) is 0 Å². The number of ether oxygens (including phenoxy) is 1. The maximum atomic E-state index is 5.56. The molecule has 0 amide bonds. The van der Waals surface area contributed by atoms with E-state index in [1.807, 2.05) is 18.4 Å². The minimum atomic E-state index is 0.483. The number of morpholine rings is 1. The Bertz CT molecular complexity index is 380. The molecule has 0 saturated carbocycles. The number of nitrogens with zero attached hydrogens (tertiary/aromatic N) is 2. The summed E-state index contributed by atoms with van der Waals surface area (Å²) in [7, 11) is 1.99. The molecular weight excluding hydrogens is 246 g/mol. The first-order chi connectivity index (χ1) is 8.80. The van der Waals surface area contributed by atoms with Crippen LogP contribution in [0.2, 0.25) is 0 Å². The molecule has 18 heavy (non-hydrogen) atoms. The van der Waals surface area contributed by atoms with E-state index in [0.29, 0.717) is 6.04 Å². The van der Waals surface area contributed by atoms with E-state index < -0.39 is 0 Å². The number of aryl methyl sites for hydroxylation is 1. The van der Waals surface area contributed by atoms with Crippen LogP contribution < -0.4 is 10.2 Å². The number of hydrogen-bond acceptors (Lipinski definition) is 5. The summed E-state index contributed by atoms with van der Waals surface area (Å²) in [6.07, 6.45) is 2.12. The lowest BCUT2D eigenvalue weighted by Crippen LogP contribution is -2.45. The number of anilines is 1. The Morgan fingerprint density at radius 3 is 3.00 bits per heavy atom. The van der Waals surface area contributed by atoms with E-state index in [9.17, 15) is 0 Å². The Kier molecular flexibility index (Phi) is 4.97. The number of nitrogens with one attached hydrogen (secondary N) is 1. The highest BCUT2D eigenvalue weighted by Gasteiger charge is 2.25. The van der Waals surface area contributed by atoms with Gasteiger partial charge in [0.1, 0.15) is 0 Å². The average molecular weight is 269 g/mol. The van der Waals surface area contributed by atoms with Crippen molar-refractivity contribution in [2.24, 2.45) is 0 Å². The second-order valence-electron chi connectivity index (χ2n) is 4.58. The van der Waals surface area contributed by atoms with Crippen molar-refractivity contribution in [1.82, 2.24) is 10.3 Å². The predicted octanol–water partition coefficient (Wildman–Crippen LogP) is 2.04. The van der Waals surface area contributed by atoms with Gasteiger partial charge in [0, 0.05) is 18.0 Å². The summed E-state index contributed by atoms with van der Waals surface area (Å²) in [5.74, 6) is 0. The first kappa shape index (κ1) is 13.8. The maximum absolute atomic E-state index is 5.56. The monoisotopic (exact) mass is 269 g/mol. The summed E-state index contributed by atoms with van der Waals surface area (Å²) in [5, 5.41) is 4.40. The fraction of sp³-hybridized carbons (Fsp3) is 0.769. The van der Waals surface area contributed by atoms with Crippen molar-refractivity contribution in [2.75, 3.05) is 31.7 Å². The zero-order chi connectivity index (χ0) is 13.0. The topological polar surface area (TPSA) is 37.4 Å². The molecule has 5 heteroatoms. The number of rotatable bonds is 5. The standard InChI is InChI=1S/C13H23N3OS/c1-4-10-9-17-7-6-16(10)13-15-11(5-2)12(18-13)8-14-3/h10,14H,4-9H2,1-3H3. The van der Waals surface area contributed by atoms with Crippen LogP contribution in [0.1, 0.15) is 30.8 Å². The molecule has 2 heterocycles. The summed E-state index contributed by atoms with van der Waals surface area (Å²) < 4.78 is 5.56. The molecule has 1 fully saturated rings. The van der Waals surface area contributed by atoms with E-state index in [0.717, 1.165) is 39.1 Å². The Labute approximate surface area is 113 Å². The molecule has 1 aromatic rings. The Hall–Kier alpha value is -0.650. The Morgan fingerprint density at radius 2 is 2.33 bits per heavy atom. The van der Waals surface area contributed by atoms with Gasteiger partial charge in [-0.25, -0.2) is 4.98 Å². The van der Waals surface area contributed by atoms with Crippen LogP contribution in [-0.2, 0) is 17.7 Å². The van der Waals surface area contributed by atoms with Gasteiger partial charge in [0.05, 0.1) is 24.9 Å². The first-order valence-corrected chi connectivity index (χ1v) is 7.59. The molecule has 102 valence electrons. The van der Waals surface area contributed by atoms with E-state index in [1.165, 1.54) is 15.7 Å². The molecule has 1 aromatic heterocycles. The minimum absolute atomic E-state index is 0.483. The third kappa shape index (κ3) is 2.84. The zero-order valence-corrected chi connectivity index (χ0v) is 12.3. The summed E-state index contributed by atoms with van der Waals surface area (Å²) in [5.41, 5.74) is 1.24. The summed E-state index contributed by atoms with van der Waals surface area (Å²) in [6, 6.07) is 0.483. The van der Waals surface area contributed by atoms with E-state index >= 15 is 0 Å². The molecule has 1 saturated heterocycles. The van der Waals surface area contributed by atoms with E-state index in [-0.39, 0.29) is 0 Å². The largest absolute Gasteiger partial charge is 0.377 e. The van der Waals surface area contributed by atoms with Crippen LogP contribution in [0.15, 0.2) is 0 Å². The van der Waals surface area contributed by atoms with Crippen molar-refractivity contribution in [2.45, 2.75) is 39.3 Å². The second kappa shape index (κ2) is 6.50. The Balaban J connectivity index is 2.20. The fourth-order valence-corrected chi connectivity index (χ4v) is 3.57. The highest BCUT2D eigenvalue weighted by molar-refractivity contribution is 7.15. The third-order valence-electron chi connectivity index (χ3n) is 3.38. The molecule has 1 aliphatic rings. The molecule has 1 atom stereocenters. The quantitative estimate of drug-likeness (QED) is 0.887. The van der Waals surface area contributed by atoms with Crippen LogP contribution >= 0.6 is 11.3 Å². The number of thiazole rings is 1. The minimum Gasteiger partial charge on any atom is -0.377 e. The average Bonchev–Trinajstić information content (AvgIpc) is 2.82. The third-order valence-corrected chi connectivity index (χ3v) is 4.52. The molecule has 1 N–H and O–H groups in total. The van der Waals surface area contributed by atoms with Gasteiger partial charge in [-0.3, -0.25) is 0 Å². The summed E-state index contributed by atoms with van der Waals surface area (Å²) in [4.78, 5) is 8.61. The number of aromatic nitrogens is 1. The molecule has 1 aliphatic heterocycles. The van der Waals surface area contributed by atoms with Crippen LogP contribution in [0.25, 0.3) is 0 Å². The SMILES string of the molecule is CCc1nc(N2CCOCC2CC)sc1CNC. The second-order valence-corrected chi connectivity index (χ2v) is 5.64. The molecule has 1 unspecified atom stereocenters. The van der Waals surface area contributed by atoms with Gasteiger partial charge in [0.15, 0.2) is 5.13 Å². The molecule has 2 rings (SSSR count). The predicted molar refractivity (Wildman–Crippen MR) is 76.5 cm³/mol. The highest BCUT2D eigenvalue weighted by Crippen LogP contribution is 2.29.